The zero-order valence-electron chi connectivity index (χ0n) is 11.5. The van der Waals surface area contributed by atoms with Crippen molar-refractivity contribution in [2.75, 3.05) is 0 Å². The van der Waals surface area contributed by atoms with E-state index in [4.69, 9.17) is 14.6 Å². The van der Waals surface area contributed by atoms with Crippen molar-refractivity contribution < 1.29 is 13.9 Å². The summed E-state index contributed by atoms with van der Waals surface area (Å²) in [5.41, 5.74) is 5.84. The highest BCUT2D eigenvalue weighted by atomic mass is 16.4. The summed E-state index contributed by atoms with van der Waals surface area (Å²) < 4.78 is 10.8. The van der Waals surface area contributed by atoms with Crippen LogP contribution in [0.3, 0.4) is 0 Å². The van der Waals surface area contributed by atoms with Crippen LogP contribution < -0.4 is 5.73 Å². The summed E-state index contributed by atoms with van der Waals surface area (Å²) in [6.45, 7) is 0. The summed E-state index contributed by atoms with van der Waals surface area (Å²) in [7, 11) is 0. The summed E-state index contributed by atoms with van der Waals surface area (Å²) in [6.07, 6.45) is 3.52. The maximum absolute atomic E-state index is 11.1. The van der Waals surface area contributed by atoms with Crippen molar-refractivity contribution in [3.8, 4) is 0 Å². The molecule has 0 aliphatic rings. The van der Waals surface area contributed by atoms with E-state index in [1.54, 1.807) is 24.3 Å². The Bertz CT molecular complexity index is 625. The lowest BCUT2D eigenvalue weighted by Gasteiger charge is -2.30. The van der Waals surface area contributed by atoms with Crippen LogP contribution >= 0.6 is 0 Å². The number of hydrogen-bond acceptors (Lipinski definition) is 4. The summed E-state index contributed by atoms with van der Waals surface area (Å²) in [5, 5.41) is 11.1. The molecule has 4 nitrogen and oxygen atoms in total. The van der Waals surface area contributed by atoms with Gasteiger partial charge in [0, 0.05) is 0 Å². The predicted molar refractivity (Wildman–Crippen MR) is 78.5 cm³/mol. The van der Waals surface area contributed by atoms with Crippen LogP contribution in [-0.2, 0) is 12.0 Å². The molecule has 0 fully saturated rings. The summed E-state index contributed by atoms with van der Waals surface area (Å²) in [6, 6.07) is 16.0. The molecule has 1 unspecified atom stereocenters. The van der Waals surface area contributed by atoms with Crippen molar-refractivity contribution in [1.82, 2.24) is 0 Å². The molecule has 3 aromatic rings. The minimum absolute atomic E-state index is 0.376. The number of nitrogens with two attached hydrogens (primary N) is 1. The molecule has 2 heterocycles. The largest absolute Gasteiger partial charge is 0.466 e. The second kappa shape index (κ2) is 5.60. The Morgan fingerprint density at radius 3 is 1.95 bits per heavy atom. The van der Waals surface area contributed by atoms with Crippen LogP contribution in [0.15, 0.2) is 76.0 Å². The molecule has 2 aromatic heterocycles. The van der Waals surface area contributed by atoms with Gasteiger partial charge in [0.2, 0.25) is 0 Å². The first-order chi connectivity index (χ1) is 10.2. The molecule has 21 heavy (non-hydrogen) atoms. The van der Waals surface area contributed by atoms with Gasteiger partial charge in [0.05, 0.1) is 18.6 Å². The van der Waals surface area contributed by atoms with Gasteiger partial charge in [0.15, 0.2) is 5.60 Å². The number of rotatable bonds is 5. The van der Waals surface area contributed by atoms with Gasteiger partial charge in [0.1, 0.15) is 11.5 Å². The van der Waals surface area contributed by atoms with E-state index >= 15 is 0 Å². The van der Waals surface area contributed by atoms with Gasteiger partial charge in [-0.1, -0.05) is 30.3 Å². The molecule has 1 aromatic carbocycles. The van der Waals surface area contributed by atoms with Gasteiger partial charge in [-0.25, -0.2) is 0 Å². The molecule has 0 aliphatic carbocycles. The van der Waals surface area contributed by atoms with Gasteiger partial charge in [-0.15, -0.1) is 0 Å². The van der Waals surface area contributed by atoms with Crippen molar-refractivity contribution in [1.29, 1.82) is 0 Å². The van der Waals surface area contributed by atoms with Gasteiger partial charge < -0.3 is 19.7 Å². The molecule has 0 amide bonds. The highest BCUT2D eigenvalue weighted by Crippen LogP contribution is 2.34. The Morgan fingerprint density at radius 2 is 1.48 bits per heavy atom. The van der Waals surface area contributed by atoms with Gasteiger partial charge in [0.25, 0.3) is 0 Å². The van der Waals surface area contributed by atoms with Crippen LogP contribution in [0.2, 0.25) is 0 Å². The first-order valence-electron chi connectivity index (χ1n) is 6.81. The van der Waals surface area contributed by atoms with E-state index in [0.29, 0.717) is 17.9 Å². The minimum Gasteiger partial charge on any atom is -0.466 e. The average Bonchev–Trinajstić information content (AvgIpc) is 3.21. The second-order valence-electron chi connectivity index (χ2n) is 5.02. The molecule has 0 saturated carbocycles. The molecule has 4 heteroatoms. The smallest absolute Gasteiger partial charge is 0.195 e. The van der Waals surface area contributed by atoms with Crippen molar-refractivity contribution in [3.05, 3.63) is 84.2 Å². The monoisotopic (exact) mass is 283 g/mol. The topological polar surface area (TPSA) is 72.5 Å². The third-order valence-electron chi connectivity index (χ3n) is 3.63. The normalized spacial score (nSPS) is 13.2. The van der Waals surface area contributed by atoms with Crippen molar-refractivity contribution in [2.45, 2.75) is 18.1 Å². The zero-order chi connectivity index (χ0) is 14.7. The lowest BCUT2D eigenvalue weighted by molar-refractivity contribution is 0.00976. The van der Waals surface area contributed by atoms with E-state index in [1.165, 1.54) is 12.5 Å². The standard InChI is InChI=1S/C17H17NO3/c18-14(12-13-6-2-1-3-7-13)17(19,15-8-4-10-20-15)16-9-5-11-21-16/h1-11,14,19H,12,18H2. The maximum Gasteiger partial charge on any atom is 0.195 e. The first kappa shape index (κ1) is 13.7. The molecule has 0 saturated heterocycles. The third kappa shape index (κ3) is 2.51. The maximum atomic E-state index is 11.1. The fourth-order valence-electron chi connectivity index (χ4n) is 2.49. The van der Waals surface area contributed by atoms with Gasteiger partial charge in [-0.05, 0) is 36.2 Å². The molecule has 108 valence electrons. The molecule has 1 atom stereocenters. The molecule has 3 N–H and O–H groups in total. The first-order valence-corrected chi connectivity index (χ1v) is 6.81. The van der Waals surface area contributed by atoms with Crippen LogP contribution in [0.25, 0.3) is 0 Å². The van der Waals surface area contributed by atoms with Crippen LogP contribution in [0.5, 0.6) is 0 Å². The van der Waals surface area contributed by atoms with E-state index in [1.807, 2.05) is 30.3 Å². The molecule has 0 spiro atoms. The quantitative estimate of drug-likeness (QED) is 0.755. The number of hydrogen-bond donors (Lipinski definition) is 2. The lowest BCUT2D eigenvalue weighted by atomic mass is 9.85. The zero-order valence-corrected chi connectivity index (χ0v) is 11.5. The third-order valence-corrected chi connectivity index (χ3v) is 3.63. The summed E-state index contributed by atoms with van der Waals surface area (Å²) in [4.78, 5) is 0. The Labute approximate surface area is 122 Å². The molecule has 0 radical (unpaired) electrons. The number of benzene rings is 1. The van der Waals surface area contributed by atoms with Crippen LogP contribution in [0, 0.1) is 0 Å². The van der Waals surface area contributed by atoms with Gasteiger partial charge >= 0.3 is 0 Å². The van der Waals surface area contributed by atoms with Gasteiger partial charge in [-0.2, -0.15) is 0 Å². The number of aliphatic hydroxyl groups is 1. The molecule has 3 rings (SSSR count). The molecule has 0 aliphatic heterocycles. The second-order valence-corrected chi connectivity index (χ2v) is 5.02. The van der Waals surface area contributed by atoms with Crippen molar-refractivity contribution in [2.24, 2.45) is 5.73 Å². The van der Waals surface area contributed by atoms with Crippen molar-refractivity contribution >= 4 is 0 Å². The van der Waals surface area contributed by atoms with E-state index in [2.05, 4.69) is 0 Å². The molecular formula is C17H17NO3. The Balaban J connectivity index is 1.96. The van der Waals surface area contributed by atoms with Crippen LogP contribution in [0.4, 0.5) is 0 Å². The van der Waals surface area contributed by atoms with E-state index in [0.717, 1.165) is 5.56 Å². The van der Waals surface area contributed by atoms with Crippen molar-refractivity contribution in [3.63, 3.8) is 0 Å². The van der Waals surface area contributed by atoms with E-state index < -0.39 is 11.6 Å². The highest BCUT2D eigenvalue weighted by molar-refractivity contribution is 5.28. The minimum atomic E-state index is -1.50. The summed E-state index contributed by atoms with van der Waals surface area (Å²) in [5.74, 6) is 0.752. The van der Waals surface area contributed by atoms with E-state index in [-0.39, 0.29) is 0 Å². The van der Waals surface area contributed by atoms with Crippen LogP contribution in [-0.4, -0.2) is 11.1 Å². The Kier molecular flexibility index (Phi) is 3.64. The fourth-order valence-corrected chi connectivity index (χ4v) is 2.49. The fraction of sp³-hybridized carbons (Fsp3) is 0.176. The average molecular weight is 283 g/mol. The lowest BCUT2D eigenvalue weighted by Crippen LogP contribution is -2.47. The molecular weight excluding hydrogens is 266 g/mol. The SMILES string of the molecule is NC(Cc1ccccc1)C(O)(c1ccco1)c1ccco1. The molecule has 0 bridgehead atoms. The predicted octanol–water partition coefficient (Wildman–Crippen LogP) is 2.68. The van der Waals surface area contributed by atoms with Gasteiger partial charge in [-0.3, -0.25) is 0 Å². The Hall–Kier alpha value is -2.30. The summed E-state index contributed by atoms with van der Waals surface area (Å²) >= 11 is 0. The number of furan rings is 2. The van der Waals surface area contributed by atoms with E-state index in [9.17, 15) is 5.11 Å². The highest BCUT2D eigenvalue weighted by Gasteiger charge is 2.43. The Morgan fingerprint density at radius 1 is 0.905 bits per heavy atom. The van der Waals surface area contributed by atoms with Crippen LogP contribution in [0.1, 0.15) is 17.1 Å².